The molecule has 1 saturated heterocycles. The summed E-state index contributed by atoms with van der Waals surface area (Å²) in [4.78, 5) is 29.4. The first kappa shape index (κ1) is 18.3. The number of rotatable bonds is 6. The molecule has 1 fully saturated rings. The number of amides is 1. The van der Waals surface area contributed by atoms with Crippen LogP contribution in [-0.2, 0) is 16.0 Å². The van der Waals surface area contributed by atoms with Crippen LogP contribution < -0.4 is 0 Å². The lowest BCUT2D eigenvalue weighted by molar-refractivity contribution is -0.141. The number of H-pyrrole nitrogens is 1. The number of aromatic amines is 1. The second-order valence-corrected chi connectivity index (χ2v) is 7.47. The molecule has 0 bridgehead atoms. The number of nitrogens with zero attached hydrogens (tertiary/aromatic N) is 1. The van der Waals surface area contributed by atoms with Crippen molar-refractivity contribution in [1.82, 2.24) is 9.88 Å². The first-order chi connectivity index (χ1) is 13.6. The molecule has 2 unspecified atom stereocenters. The fourth-order valence-electron chi connectivity index (χ4n) is 4.22. The second-order valence-electron chi connectivity index (χ2n) is 7.47. The van der Waals surface area contributed by atoms with Gasteiger partial charge in [0.05, 0.1) is 5.92 Å². The van der Waals surface area contributed by atoms with Gasteiger partial charge < -0.3 is 15.0 Å². The number of aryl methyl sites for hydroxylation is 1. The van der Waals surface area contributed by atoms with Crippen LogP contribution in [0.1, 0.15) is 29.9 Å². The van der Waals surface area contributed by atoms with E-state index in [9.17, 15) is 14.7 Å². The Bertz CT molecular complexity index is 980. The molecule has 2 N–H and O–H groups in total. The van der Waals surface area contributed by atoms with E-state index < -0.39 is 11.9 Å². The number of aromatic nitrogens is 1. The number of carbonyl (C=O) groups is 2. The average molecular weight is 376 g/mol. The summed E-state index contributed by atoms with van der Waals surface area (Å²) in [5.74, 6) is -1.47. The Kier molecular flexibility index (Phi) is 5.15. The standard InChI is InChI=1S/C23H24N2O3/c26-22(12-6-9-17-13-24-21-11-5-4-10-18(17)21)25-14-19(20(15-25)23(27)28)16-7-2-1-3-8-16/h1-5,7-8,10-11,13,19-20,24H,6,9,12,14-15H2,(H,27,28). The van der Waals surface area contributed by atoms with Crippen LogP contribution in [0.15, 0.2) is 60.8 Å². The molecule has 0 saturated carbocycles. The minimum Gasteiger partial charge on any atom is -0.481 e. The van der Waals surface area contributed by atoms with Crippen molar-refractivity contribution in [3.63, 3.8) is 0 Å². The summed E-state index contributed by atoms with van der Waals surface area (Å²) in [6.07, 6.45) is 4.03. The molecule has 5 heteroatoms. The van der Waals surface area contributed by atoms with Gasteiger partial charge in [-0.1, -0.05) is 48.5 Å². The summed E-state index contributed by atoms with van der Waals surface area (Å²) < 4.78 is 0. The van der Waals surface area contributed by atoms with Crippen molar-refractivity contribution in [2.45, 2.75) is 25.2 Å². The first-order valence-corrected chi connectivity index (χ1v) is 9.74. The fraction of sp³-hybridized carbons (Fsp3) is 0.304. The summed E-state index contributed by atoms with van der Waals surface area (Å²) in [7, 11) is 0. The molecule has 1 aliphatic heterocycles. The van der Waals surface area contributed by atoms with Gasteiger partial charge in [0.2, 0.25) is 5.91 Å². The lowest BCUT2D eigenvalue weighted by Crippen LogP contribution is -2.29. The topological polar surface area (TPSA) is 73.4 Å². The van der Waals surface area contributed by atoms with Gasteiger partial charge >= 0.3 is 5.97 Å². The molecule has 0 radical (unpaired) electrons. The Labute approximate surface area is 164 Å². The highest BCUT2D eigenvalue weighted by atomic mass is 16.4. The Balaban J connectivity index is 1.37. The molecule has 144 valence electrons. The van der Waals surface area contributed by atoms with Gasteiger partial charge in [-0.3, -0.25) is 9.59 Å². The monoisotopic (exact) mass is 376 g/mol. The Morgan fingerprint density at radius 3 is 2.57 bits per heavy atom. The fourth-order valence-corrected chi connectivity index (χ4v) is 4.22. The van der Waals surface area contributed by atoms with Crippen LogP contribution in [0.25, 0.3) is 10.9 Å². The quantitative estimate of drug-likeness (QED) is 0.687. The summed E-state index contributed by atoms with van der Waals surface area (Å²) in [6.45, 7) is 0.772. The van der Waals surface area contributed by atoms with E-state index in [0.29, 0.717) is 19.5 Å². The minimum atomic E-state index is -0.831. The number of benzene rings is 2. The van der Waals surface area contributed by atoms with E-state index in [0.717, 1.165) is 23.9 Å². The summed E-state index contributed by atoms with van der Waals surface area (Å²) >= 11 is 0. The van der Waals surface area contributed by atoms with E-state index in [-0.39, 0.29) is 11.8 Å². The lowest BCUT2D eigenvalue weighted by atomic mass is 9.89. The summed E-state index contributed by atoms with van der Waals surface area (Å²) in [6, 6.07) is 17.8. The van der Waals surface area contributed by atoms with E-state index >= 15 is 0 Å². The van der Waals surface area contributed by atoms with E-state index in [4.69, 9.17) is 0 Å². The number of carbonyl (C=O) groups excluding carboxylic acids is 1. The Morgan fingerprint density at radius 1 is 1.04 bits per heavy atom. The molecule has 1 aliphatic rings. The highest BCUT2D eigenvalue weighted by molar-refractivity contribution is 5.83. The third-order valence-corrected chi connectivity index (χ3v) is 5.73. The van der Waals surface area contributed by atoms with Crippen molar-refractivity contribution in [3.8, 4) is 0 Å². The maximum absolute atomic E-state index is 12.7. The van der Waals surface area contributed by atoms with Crippen LogP contribution in [0.3, 0.4) is 0 Å². The number of likely N-dealkylation sites (tertiary alicyclic amines) is 1. The van der Waals surface area contributed by atoms with Gasteiger partial charge in [0, 0.05) is 42.5 Å². The molecular formula is C23H24N2O3. The molecule has 0 spiro atoms. The number of nitrogens with one attached hydrogen (secondary N) is 1. The van der Waals surface area contributed by atoms with Crippen LogP contribution in [-0.4, -0.2) is 40.0 Å². The minimum absolute atomic E-state index is 0.0459. The predicted molar refractivity (Wildman–Crippen MR) is 108 cm³/mol. The molecule has 28 heavy (non-hydrogen) atoms. The van der Waals surface area contributed by atoms with Gasteiger partial charge in [0.1, 0.15) is 0 Å². The predicted octanol–water partition coefficient (Wildman–Crippen LogP) is 3.82. The maximum atomic E-state index is 12.7. The van der Waals surface area contributed by atoms with Crippen molar-refractivity contribution >= 4 is 22.8 Å². The largest absolute Gasteiger partial charge is 0.481 e. The van der Waals surface area contributed by atoms with E-state index in [2.05, 4.69) is 11.1 Å². The van der Waals surface area contributed by atoms with Gasteiger partial charge in [-0.15, -0.1) is 0 Å². The first-order valence-electron chi connectivity index (χ1n) is 9.74. The smallest absolute Gasteiger partial charge is 0.308 e. The number of hydrogen-bond donors (Lipinski definition) is 2. The second kappa shape index (κ2) is 7.89. The van der Waals surface area contributed by atoms with Crippen molar-refractivity contribution < 1.29 is 14.7 Å². The third-order valence-electron chi connectivity index (χ3n) is 5.73. The van der Waals surface area contributed by atoms with Crippen LogP contribution in [0.2, 0.25) is 0 Å². The zero-order chi connectivity index (χ0) is 19.5. The van der Waals surface area contributed by atoms with Crippen molar-refractivity contribution in [2.24, 2.45) is 5.92 Å². The highest BCUT2D eigenvalue weighted by Gasteiger charge is 2.40. The van der Waals surface area contributed by atoms with E-state index in [1.54, 1.807) is 4.90 Å². The van der Waals surface area contributed by atoms with Gasteiger partial charge in [-0.2, -0.15) is 0 Å². The van der Waals surface area contributed by atoms with E-state index in [1.807, 2.05) is 54.7 Å². The molecule has 1 amide bonds. The number of carboxylic acid groups (broad SMARTS) is 1. The Morgan fingerprint density at radius 2 is 1.79 bits per heavy atom. The normalized spacial score (nSPS) is 19.2. The van der Waals surface area contributed by atoms with Crippen LogP contribution in [0, 0.1) is 5.92 Å². The van der Waals surface area contributed by atoms with Crippen molar-refractivity contribution in [2.75, 3.05) is 13.1 Å². The van der Waals surface area contributed by atoms with E-state index in [1.165, 1.54) is 10.9 Å². The zero-order valence-electron chi connectivity index (χ0n) is 15.7. The molecule has 2 heterocycles. The summed E-state index contributed by atoms with van der Waals surface area (Å²) in [5.41, 5.74) is 3.32. The van der Waals surface area contributed by atoms with Gasteiger partial charge in [0.25, 0.3) is 0 Å². The number of hydrogen-bond acceptors (Lipinski definition) is 2. The number of fused-ring (bicyclic) bond motifs is 1. The SMILES string of the molecule is O=C(O)C1CN(C(=O)CCCc2c[nH]c3ccccc23)CC1c1ccccc1. The molecule has 0 aliphatic carbocycles. The third kappa shape index (κ3) is 3.65. The molecule has 4 rings (SSSR count). The lowest BCUT2D eigenvalue weighted by Gasteiger charge is -2.16. The number of aliphatic carboxylic acids is 1. The molecular weight excluding hydrogens is 352 g/mol. The molecule has 3 aromatic rings. The average Bonchev–Trinajstić information content (AvgIpc) is 3.34. The zero-order valence-corrected chi connectivity index (χ0v) is 15.7. The van der Waals surface area contributed by atoms with Crippen LogP contribution in [0.4, 0.5) is 0 Å². The molecule has 5 nitrogen and oxygen atoms in total. The molecule has 1 aromatic heterocycles. The summed E-state index contributed by atoms with van der Waals surface area (Å²) in [5, 5.41) is 10.8. The van der Waals surface area contributed by atoms with Crippen molar-refractivity contribution in [3.05, 3.63) is 71.9 Å². The highest BCUT2D eigenvalue weighted by Crippen LogP contribution is 2.33. The van der Waals surface area contributed by atoms with Gasteiger partial charge in [0.15, 0.2) is 0 Å². The van der Waals surface area contributed by atoms with Gasteiger partial charge in [-0.25, -0.2) is 0 Å². The van der Waals surface area contributed by atoms with Crippen molar-refractivity contribution in [1.29, 1.82) is 0 Å². The number of para-hydroxylation sites is 1. The Hall–Kier alpha value is -3.08. The van der Waals surface area contributed by atoms with Gasteiger partial charge in [-0.05, 0) is 30.0 Å². The number of carboxylic acids is 1. The van der Waals surface area contributed by atoms with Crippen LogP contribution in [0.5, 0.6) is 0 Å². The maximum Gasteiger partial charge on any atom is 0.308 e. The van der Waals surface area contributed by atoms with Crippen LogP contribution >= 0.6 is 0 Å². The molecule has 2 aromatic carbocycles. The molecule has 2 atom stereocenters.